The Balaban J connectivity index is 2.31. The maximum absolute atomic E-state index is 11.0. The zero-order valence-corrected chi connectivity index (χ0v) is 11.1. The molecule has 2 aromatic rings. The van der Waals surface area contributed by atoms with Crippen molar-refractivity contribution in [3.05, 3.63) is 68.4 Å². The van der Waals surface area contributed by atoms with Gasteiger partial charge >= 0.3 is 5.69 Å². The van der Waals surface area contributed by atoms with Crippen LogP contribution in [0.2, 0.25) is 0 Å². The van der Waals surface area contributed by atoms with Gasteiger partial charge in [0.15, 0.2) is 0 Å². The van der Waals surface area contributed by atoms with Crippen molar-refractivity contribution in [2.24, 2.45) is 0 Å². The number of nitrogens with zero attached hydrogens (tertiary/aromatic N) is 3. The summed E-state index contributed by atoms with van der Waals surface area (Å²) in [6.45, 7) is 1.82. The Bertz CT molecular complexity index is 675. The monoisotopic (exact) mass is 288 g/mol. The largest absolute Gasteiger partial charge is 0.358 e. The Morgan fingerprint density at radius 3 is 2.38 bits per heavy atom. The number of hydrogen-bond donors (Lipinski definition) is 1. The van der Waals surface area contributed by atoms with Crippen molar-refractivity contribution in [3.8, 4) is 0 Å². The third kappa shape index (κ3) is 3.30. The highest BCUT2D eigenvalue weighted by Crippen LogP contribution is 2.29. The second-order valence-corrected chi connectivity index (χ2v) is 4.35. The number of hydrogen-bond acceptors (Lipinski definition) is 6. The second-order valence-electron chi connectivity index (χ2n) is 4.35. The Kier molecular flexibility index (Phi) is 4.07. The lowest BCUT2D eigenvalue weighted by atomic mass is 10.1. The molecule has 108 valence electrons. The van der Waals surface area contributed by atoms with Crippen LogP contribution in [-0.4, -0.2) is 14.8 Å². The number of anilines is 1. The molecule has 1 aromatic heterocycles. The molecule has 0 bridgehead atoms. The van der Waals surface area contributed by atoms with Gasteiger partial charge in [-0.05, 0) is 12.5 Å². The van der Waals surface area contributed by atoms with Gasteiger partial charge in [0.2, 0.25) is 5.82 Å². The molecular weight excluding hydrogens is 276 g/mol. The summed E-state index contributed by atoms with van der Waals surface area (Å²) >= 11 is 0. The Labute approximate surface area is 119 Å². The molecule has 1 N–H and O–H groups in total. The van der Waals surface area contributed by atoms with Crippen LogP contribution in [0.5, 0.6) is 0 Å². The number of rotatable bonds is 5. The molecule has 0 saturated heterocycles. The fraction of sp³-hybridized carbons (Fsp3) is 0.154. The standard InChI is InChI=1S/C13H12N4O4/c1-9(10-5-3-2-4-6-10)15-13-12(17(20)21)7-11(8-14-13)16(18)19/h2-9H,1H3,(H,14,15)/t9-/m1/s1. The summed E-state index contributed by atoms with van der Waals surface area (Å²) in [6, 6.07) is 9.98. The molecular formula is C13H12N4O4. The van der Waals surface area contributed by atoms with Crippen LogP contribution in [0, 0.1) is 20.2 Å². The van der Waals surface area contributed by atoms with Crippen molar-refractivity contribution < 1.29 is 9.85 Å². The molecule has 0 aliphatic carbocycles. The van der Waals surface area contributed by atoms with E-state index in [0.29, 0.717) is 0 Å². The van der Waals surface area contributed by atoms with Crippen LogP contribution in [0.3, 0.4) is 0 Å². The van der Waals surface area contributed by atoms with Gasteiger partial charge in [-0.15, -0.1) is 0 Å². The lowest BCUT2D eigenvalue weighted by Crippen LogP contribution is -2.10. The first kappa shape index (κ1) is 14.4. The second kappa shape index (κ2) is 5.95. The van der Waals surface area contributed by atoms with Gasteiger partial charge in [-0.2, -0.15) is 0 Å². The molecule has 0 radical (unpaired) electrons. The van der Waals surface area contributed by atoms with Crippen LogP contribution in [0.15, 0.2) is 42.6 Å². The highest BCUT2D eigenvalue weighted by molar-refractivity contribution is 5.60. The molecule has 8 heteroatoms. The Hall–Kier alpha value is -3.03. The first-order chi connectivity index (χ1) is 9.99. The zero-order valence-electron chi connectivity index (χ0n) is 11.1. The molecule has 1 aromatic carbocycles. The quantitative estimate of drug-likeness (QED) is 0.668. The van der Waals surface area contributed by atoms with Crippen LogP contribution < -0.4 is 5.32 Å². The number of nitrogens with one attached hydrogen (secondary N) is 1. The summed E-state index contributed by atoms with van der Waals surface area (Å²) in [5, 5.41) is 24.6. The lowest BCUT2D eigenvalue weighted by molar-refractivity contribution is -0.394. The Morgan fingerprint density at radius 1 is 1.14 bits per heavy atom. The van der Waals surface area contributed by atoms with Gasteiger partial charge < -0.3 is 5.32 Å². The summed E-state index contributed by atoms with van der Waals surface area (Å²) in [6.07, 6.45) is 0.993. The van der Waals surface area contributed by atoms with E-state index in [1.807, 2.05) is 37.3 Å². The molecule has 0 aliphatic rings. The van der Waals surface area contributed by atoms with E-state index in [9.17, 15) is 20.2 Å². The van der Waals surface area contributed by atoms with Gasteiger partial charge in [-0.3, -0.25) is 20.2 Å². The average Bonchev–Trinajstić information content (AvgIpc) is 2.48. The van der Waals surface area contributed by atoms with Crippen LogP contribution in [0.25, 0.3) is 0 Å². The van der Waals surface area contributed by atoms with E-state index in [2.05, 4.69) is 10.3 Å². The van der Waals surface area contributed by atoms with Gasteiger partial charge in [0.05, 0.1) is 22.0 Å². The van der Waals surface area contributed by atoms with Crippen LogP contribution >= 0.6 is 0 Å². The van der Waals surface area contributed by atoms with Gasteiger partial charge in [-0.25, -0.2) is 4.98 Å². The fourth-order valence-corrected chi connectivity index (χ4v) is 1.82. The van der Waals surface area contributed by atoms with Gasteiger partial charge in [0.1, 0.15) is 6.20 Å². The highest BCUT2D eigenvalue weighted by Gasteiger charge is 2.22. The van der Waals surface area contributed by atoms with Crippen molar-refractivity contribution in [1.82, 2.24) is 4.98 Å². The van der Waals surface area contributed by atoms with Crippen molar-refractivity contribution in [2.75, 3.05) is 5.32 Å². The first-order valence-electron chi connectivity index (χ1n) is 6.09. The predicted octanol–water partition coefficient (Wildman–Crippen LogP) is 3.07. The molecule has 2 rings (SSSR count). The molecule has 0 fully saturated rings. The Morgan fingerprint density at radius 2 is 1.81 bits per heavy atom. The van der Waals surface area contributed by atoms with Gasteiger partial charge in [-0.1, -0.05) is 30.3 Å². The normalized spacial score (nSPS) is 11.7. The maximum Gasteiger partial charge on any atom is 0.318 e. The number of nitro groups is 2. The van der Waals surface area contributed by atoms with Crippen LogP contribution in [0.1, 0.15) is 18.5 Å². The predicted molar refractivity (Wildman–Crippen MR) is 76.0 cm³/mol. The molecule has 8 nitrogen and oxygen atoms in total. The SMILES string of the molecule is C[C@@H](Nc1ncc([N+](=O)[O-])cc1[N+](=O)[O-])c1ccccc1. The van der Waals surface area contributed by atoms with Crippen molar-refractivity contribution in [2.45, 2.75) is 13.0 Å². The molecule has 0 amide bonds. The molecule has 0 saturated carbocycles. The summed E-state index contributed by atoms with van der Waals surface area (Å²) in [7, 11) is 0. The minimum Gasteiger partial charge on any atom is -0.358 e. The summed E-state index contributed by atoms with van der Waals surface area (Å²) < 4.78 is 0. The van der Waals surface area contributed by atoms with Crippen LogP contribution in [0.4, 0.5) is 17.2 Å². The van der Waals surface area contributed by atoms with E-state index < -0.39 is 21.2 Å². The van der Waals surface area contributed by atoms with Crippen molar-refractivity contribution in [3.63, 3.8) is 0 Å². The van der Waals surface area contributed by atoms with Crippen LogP contribution in [-0.2, 0) is 0 Å². The summed E-state index contributed by atoms with van der Waals surface area (Å²) in [4.78, 5) is 24.1. The smallest absolute Gasteiger partial charge is 0.318 e. The van der Waals surface area contributed by atoms with Gasteiger partial charge in [0.25, 0.3) is 5.69 Å². The van der Waals surface area contributed by atoms with E-state index in [1.165, 1.54) is 0 Å². The zero-order chi connectivity index (χ0) is 15.4. The number of aromatic nitrogens is 1. The van der Waals surface area contributed by atoms with E-state index in [-0.39, 0.29) is 11.9 Å². The average molecular weight is 288 g/mol. The minimum atomic E-state index is -0.718. The summed E-state index contributed by atoms with van der Waals surface area (Å²) in [5.41, 5.74) is 0.0820. The molecule has 0 spiro atoms. The third-order valence-electron chi connectivity index (χ3n) is 2.91. The topological polar surface area (TPSA) is 111 Å². The van der Waals surface area contributed by atoms with E-state index in [1.54, 1.807) is 0 Å². The fourth-order valence-electron chi connectivity index (χ4n) is 1.82. The van der Waals surface area contributed by atoms with E-state index >= 15 is 0 Å². The highest BCUT2D eigenvalue weighted by atomic mass is 16.6. The maximum atomic E-state index is 11.0. The van der Waals surface area contributed by atoms with E-state index in [4.69, 9.17) is 0 Å². The molecule has 0 aliphatic heterocycles. The van der Waals surface area contributed by atoms with E-state index in [0.717, 1.165) is 17.8 Å². The minimum absolute atomic E-state index is 0.00181. The molecule has 0 unspecified atom stereocenters. The number of benzene rings is 1. The summed E-state index contributed by atoms with van der Waals surface area (Å²) in [5.74, 6) is 0.00181. The van der Waals surface area contributed by atoms with Crippen molar-refractivity contribution >= 4 is 17.2 Å². The van der Waals surface area contributed by atoms with Gasteiger partial charge in [0, 0.05) is 0 Å². The third-order valence-corrected chi connectivity index (χ3v) is 2.91. The van der Waals surface area contributed by atoms with Crippen molar-refractivity contribution in [1.29, 1.82) is 0 Å². The molecule has 21 heavy (non-hydrogen) atoms. The first-order valence-corrected chi connectivity index (χ1v) is 6.09. The number of pyridine rings is 1. The molecule has 1 atom stereocenters. The molecule has 1 heterocycles. The lowest BCUT2D eigenvalue weighted by Gasteiger charge is -2.14.